The van der Waals surface area contributed by atoms with Crippen LogP contribution < -0.4 is 9.47 Å². The van der Waals surface area contributed by atoms with E-state index in [0.717, 1.165) is 46.1 Å². The second kappa shape index (κ2) is 10.7. The Morgan fingerprint density at radius 3 is 1.62 bits per heavy atom. The second-order valence-electron chi connectivity index (χ2n) is 6.16. The number of Topliss-reactive ketones (excluding diaryl/α,β-unsaturated/α-hetero) is 1. The summed E-state index contributed by atoms with van der Waals surface area (Å²) in [6, 6.07) is 11.9. The maximum Gasteiger partial charge on any atom is 0.132 e. The van der Waals surface area contributed by atoms with Crippen LogP contribution in [0.3, 0.4) is 0 Å². The van der Waals surface area contributed by atoms with E-state index in [4.69, 9.17) is 9.47 Å². The fourth-order valence-corrected chi connectivity index (χ4v) is 3.71. The summed E-state index contributed by atoms with van der Waals surface area (Å²) in [5.74, 6) is 2.01. The van der Waals surface area contributed by atoms with E-state index < -0.39 is 0 Å². The van der Waals surface area contributed by atoms with Crippen molar-refractivity contribution in [3.63, 3.8) is 0 Å². The molecule has 2 rings (SSSR count). The van der Waals surface area contributed by atoms with Gasteiger partial charge in [0.25, 0.3) is 0 Å². The topological polar surface area (TPSA) is 35.5 Å². The highest BCUT2D eigenvalue weighted by atomic mass is 79.9. The van der Waals surface area contributed by atoms with E-state index in [1.54, 1.807) is 14.2 Å². The van der Waals surface area contributed by atoms with E-state index in [0.29, 0.717) is 18.6 Å². The zero-order valence-electron chi connectivity index (χ0n) is 15.2. The zero-order valence-corrected chi connectivity index (χ0v) is 18.4. The van der Waals surface area contributed by atoms with Crippen LogP contribution in [0.1, 0.15) is 36.8 Å². The number of carbonyl (C=O) groups excluding carboxylic acids is 1. The van der Waals surface area contributed by atoms with Crippen molar-refractivity contribution in [3.8, 4) is 11.5 Å². The molecular weight excluding hydrogens is 460 g/mol. The summed E-state index contributed by atoms with van der Waals surface area (Å²) in [6.45, 7) is 0. The summed E-state index contributed by atoms with van der Waals surface area (Å²) >= 11 is 7.12. The fourth-order valence-electron chi connectivity index (χ4n) is 2.82. The van der Waals surface area contributed by atoms with Crippen LogP contribution in [-0.4, -0.2) is 20.0 Å². The van der Waals surface area contributed by atoms with Crippen molar-refractivity contribution >= 4 is 37.6 Å². The molecule has 0 saturated heterocycles. The van der Waals surface area contributed by atoms with Crippen LogP contribution in [0.25, 0.3) is 0 Å². The van der Waals surface area contributed by atoms with Crippen LogP contribution in [-0.2, 0) is 17.6 Å². The Labute approximate surface area is 172 Å². The molecule has 0 fully saturated rings. The highest BCUT2D eigenvalue weighted by molar-refractivity contribution is 9.10. The number of rotatable bonds is 10. The number of benzene rings is 2. The molecule has 0 heterocycles. The van der Waals surface area contributed by atoms with E-state index >= 15 is 0 Å². The molecule has 2 aromatic carbocycles. The summed E-state index contributed by atoms with van der Waals surface area (Å²) < 4.78 is 12.6. The lowest BCUT2D eigenvalue weighted by Gasteiger charge is -2.08. The Morgan fingerprint density at radius 1 is 0.808 bits per heavy atom. The maximum atomic E-state index is 12.2. The van der Waals surface area contributed by atoms with Crippen molar-refractivity contribution in [3.05, 3.63) is 56.5 Å². The number of aryl methyl sites for hydroxylation is 2. The first-order valence-electron chi connectivity index (χ1n) is 8.70. The molecule has 0 N–H and O–H groups in total. The normalized spacial score (nSPS) is 10.6. The van der Waals surface area contributed by atoms with E-state index in [1.165, 1.54) is 11.1 Å². The number of ether oxygens (including phenoxy) is 2. The predicted octanol–water partition coefficient (Wildman–Crippen LogP) is 6.14. The summed E-state index contributed by atoms with van der Waals surface area (Å²) in [5.41, 5.74) is 2.36. The van der Waals surface area contributed by atoms with Crippen LogP contribution in [0, 0.1) is 0 Å². The molecule has 0 aliphatic carbocycles. The zero-order chi connectivity index (χ0) is 18.9. The molecule has 0 spiro atoms. The minimum Gasteiger partial charge on any atom is -0.497 e. The third-order valence-electron chi connectivity index (χ3n) is 4.31. The van der Waals surface area contributed by atoms with Crippen molar-refractivity contribution in [1.82, 2.24) is 0 Å². The summed E-state index contributed by atoms with van der Waals surface area (Å²) in [7, 11) is 3.33. The molecule has 0 aliphatic rings. The maximum absolute atomic E-state index is 12.2. The lowest BCUT2D eigenvalue weighted by Crippen LogP contribution is -2.01. The average Bonchev–Trinajstić information content (AvgIpc) is 2.64. The van der Waals surface area contributed by atoms with Crippen molar-refractivity contribution in [2.75, 3.05) is 14.2 Å². The third-order valence-corrected chi connectivity index (χ3v) is 5.86. The first kappa shape index (κ1) is 21.0. The van der Waals surface area contributed by atoms with Gasteiger partial charge in [-0.25, -0.2) is 0 Å². The van der Waals surface area contributed by atoms with E-state index in [1.807, 2.05) is 36.4 Å². The molecule has 140 valence electrons. The number of halogens is 2. The third kappa shape index (κ3) is 6.44. The standard InChI is InChI=1S/C21H24Br2O3/c1-25-18-9-11-20(22)15(13-18)5-3-7-17(24)8-4-6-16-14-19(26-2)10-12-21(16)23/h9-14H,3-8H2,1-2H3. The van der Waals surface area contributed by atoms with Crippen LogP contribution in [0.4, 0.5) is 0 Å². The molecule has 2 aromatic rings. The lowest BCUT2D eigenvalue weighted by molar-refractivity contribution is -0.119. The van der Waals surface area contributed by atoms with Crippen molar-refractivity contribution in [1.29, 1.82) is 0 Å². The van der Waals surface area contributed by atoms with Crippen LogP contribution in [0.15, 0.2) is 45.3 Å². The van der Waals surface area contributed by atoms with Gasteiger partial charge in [0.2, 0.25) is 0 Å². The number of carbonyl (C=O) groups is 1. The van der Waals surface area contributed by atoms with Crippen molar-refractivity contribution in [2.45, 2.75) is 38.5 Å². The van der Waals surface area contributed by atoms with Crippen LogP contribution in [0.5, 0.6) is 11.5 Å². The van der Waals surface area contributed by atoms with Crippen LogP contribution in [0.2, 0.25) is 0 Å². The Hall–Kier alpha value is -1.33. The smallest absolute Gasteiger partial charge is 0.132 e. The first-order chi connectivity index (χ1) is 12.5. The molecular formula is C21H24Br2O3. The highest BCUT2D eigenvalue weighted by Crippen LogP contribution is 2.25. The van der Waals surface area contributed by atoms with Gasteiger partial charge in [0.05, 0.1) is 14.2 Å². The minimum absolute atomic E-state index is 0.322. The molecule has 0 amide bonds. The van der Waals surface area contributed by atoms with Gasteiger partial charge < -0.3 is 9.47 Å². The molecule has 0 radical (unpaired) electrons. The number of methoxy groups -OCH3 is 2. The van der Waals surface area contributed by atoms with Gasteiger partial charge in [-0.3, -0.25) is 4.79 Å². The molecule has 0 atom stereocenters. The van der Waals surface area contributed by atoms with Gasteiger partial charge in [-0.05, 0) is 73.2 Å². The average molecular weight is 484 g/mol. The molecule has 0 saturated carbocycles. The minimum atomic E-state index is 0.322. The Balaban J connectivity index is 1.74. The molecule has 0 unspecified atom stereocenters. The van der Waals surface area contributed by atoms with Gasteiger partial charge in [0.15, 0.2) is 0 Å². The van der Waals surface area contributed by atoms with Gasteiger partial charge in [0.1, 0.15) is 17.3 Å². The van der Waals surface area contributed by atoms with E-state index in [2.05, 4.69) is 31.9 Å². The Morgan fingerprint density at radius 2 is 1.23 bits per heavy atom. The van der Waals surface area contributed by atoms with Gasteiger partial charge in [-0.1, -0.05) is 31.9 Å². The largest absolute Gasteiger partial charge is 0.497 e. The first-order valence-corrected chi connectivity index (χ1v) is 10.3. The molecule has 3 nitrogen and oxygen atoms in total. The van der Waals surface area contributed by atoms with Crippen molar-refractivity contribution < 1.29 is 14.3 Å². The van der Waals surface area contributed by atoms with Gasteiger partial charge in [-0.2, -0.15) is 0 Å². The lowest BCUT2D eigenvalue weighted by atomic mass is 10.0. The number of hydrogen-bond acceptors (Lipinski definition) is 3. The fraction of sp³-hybridized carbons (Fsp3) is 0.381. The molecule has 26 heavy (non-hydrogen) atoms. The molecule has 0 aliphatic heterocycles. The SMILES string of the molecule is COc1ccc(Br)c(CCCC(=O)CCCc2cc(OC)ccc2Br)c1. The van der Waals surface area contributed by atoms with E-state index in [9.17, 15) is 4.79 Å². The number of ketones is 1. The van der Waals surface area contributed by atoms with Gasteiger partial charge in [0, 0.05) is 21.8 Å². The van der Waals surface area contributed by atoms with Crippen molar-refractivity contribution in [2.24, 2.45) is 0 Å². The quantitative estimate of drug-likeness (QED) is 0.407. The molecule has 0 bridgehead atoms. The molecule has 5 heteroatoms. The predicted molar refractivity (Wildman–Crippen MR) is 112 cm³/mol. The summed E-state index contributed by atoms with van der Waals surface area (Å²) in [4.78, 5) is 12.2. The number of hydrogen-bond donors (Lipinski definition) is 0. The summed E-state index contributed by atoms with van der Waals surface area (Å²) in [6.07, 6.45) is 4.67. The van der Waals surface area contributed by atoms with Gasteiger partial charge >= 0.3 is 0 Å². The molecule has 0 aromatic heterocycles. The Kier molecular flexibility index (Phi) is 8.66. The Bertz CT molecular complexity index is 683. The monoisotopic (exact) mass is 482 g/mol. The summed E-state index contributed by atoms with van der Waals surface area (Å²) in [5, 5.41) is 0. The second-order valence-corrected chi connectivity index (χ2v) is 7.87. The van der Waals surface area contributed by atoms with E-state index in [-0.39, 0.29) is 0 Å². The highest BCUT2D eigenvalue weighted by Gasteiger charge is 2.07. The van der Waals surface area contributed by atoms with Crippen LogP contribution >= 0.6 is 31.9 Å². The van der Waals surface area contributed by atoms with Gasteiger partial charge in [-0.15, -0.1) is 0 Å².